The van der Waals surface area contributed by atoms with E-state index < -0.39 is 0 Å². The molecule has 3 nitrogen and oxygen atoms in total. The maximum Gasteiger partial charge on any atom is 0.255 e. The third kappa shape index (κ3) is 5.58. The van der Waals surface area contributed by atoms with Gasteiger partial charge in [-0.15, -0.1) is 0 Å². The monoisotopic (exact) mass is 310 g/mol. The number of halogens is 1. The molecule has 0 atom stereocenters. The number of nitrogen functional groups attached to an aromatic ring is 1. The minimum atomic E-state index is -0.0173. The van der Waals surface area contributed by atoms with Gasteiger partial charge in [-0.2, -0.15) is 0 Å². The van der Waals surface area contributed by atoms with Crippen molar-refractivity contribution in [2.24, 2.45) is 11.8 Å². The Labute approximate surface area is 133 Å². The van der Waals surface area contributed by atoms with Gasteiger partial charge in [0.1, 0.15) is 0 Å². The number of carbonyl (C=O) groups is 1. The van der Waals surface area contributed by atoms with Crippen LogP contribution in [0.2, 0.25) is 5.02 Å². The second-order valence-corrected chi connectivity index (χ2v) is 6.77. The lowest BCUT2D eigenvalue weighted by atomic mass is 10.1. The predicted octanol–water partition coefficient (Wildman–Crippen LogP) is 4.46. The first-order valence-corrected chi connectivity index (χ1v) is 8.04. The van der Waals surface area contributed by atoms with Crippen LogP contribution in [-0.2, 0) is 0 Å². The number of hydrogen-bond donors (Lipinski definition) is 1. The molecule has 1 amide bonds. The highest BCUT2D eigenvalue weighted by molar-refractivity contribution is 6.33. The normalized spacial score (nSPS) is 11.2. The fraction of sp³-hybridized carbons (Fsp3) is 0.588. The first-order valence-electron chi connectivity index (χ1n) is 7.66. The molecule has 0 aliphatic carbocycles. The van der Waals surface area contributed by atoms with Crippen LogP contribution in [-0.4, -0.2) is 23.9 Å². The molecule has 1 aromatic carbocycles. The number of para-hydroxylation sites is 1. The first kappa shape index (κ1) is 17.8. The average molecular weight is 311 g/mol. The number of anilines is 1. The molecule has 0 radical (unpaired) electrons. The molecule has 4 heteroatoms. The Kier molecular flexibility index (Phi) is 7.03. The van der Waals surface area contributed by atoms with Crippen molar-refractivity contribution in [3.05, 3.63) is 28.8 Å². The summed E-state index contributed by atoms with van der Waals surface area (Å²) >= 11 is 6.02. The summed E-state index contributed by atoms with van der Waals surface area (Å²) in [4.78, 5) is 14.6. The molecule has 0 saturated heterocycles. The number of hydrogen-bond acceptors (Lipinski definition) is 2. The molecule has 21 heavy (non-hydrogen) atoms. The molecule has 1 rings (SSSR count). The third-order valence-electron chi connectivity index (χ3n) is 3.52. The Morgan fingerprint density at radius 3 is 2.14 bits per heavy atom. The van der Waals surface area contributed by atoms with Crippen LogP contribution in [0, 0.1) is 11.8 Å². The molecule has 0 fully saturated rings. The fourth-order valence-corrected chi connectivity index (χ4v) is 2.21. The SMILES string of the molecule is CC(C)CCN(CCC(C)C)C(=O)c1cccc(Cl)c1N. The number of nitrogens with zero attached hydrogens (tertiary/aromatic N) is 1. The van der Waals surface area contributed by atoms with E-state index in [1.54, 1.807) is 18.2 Å². The van der Waals surface area contributed by atoms with Crippen LogP contribution in [0.25, 0.3) is 0 Å². The first-order chi connectivity index (χ1) is 9.82. The summed E-state index contributed by atoms with van der Waals surface area (Å²) in [6.07, 6.45) is 1.98. The fourth-order valence-electron chi connectivity index (χ4n) is 2.04. The van der Waals surface area contributed by atoms with E-state index in [2.05, 4.69) is 27.7 Å². The summed E-state index contributed by atoms with van der Waals surface area (Å²) in [6, 6.07) is 5.23. The zero-order chi connectivity index (χ0) is 16.0. The van der Waals surface area contributed by atoms with Gasteiger partial charge in [-0.1, -0.05) is 45.4 Å². The van der Waals surface area contributed by atoms with Gasteiger partial charge in [0.2, 0.25) is 0 Å². The standard InChI is InChI=1S/C17H27ClN2O/c1-12(2)8-10-20(11-9-13(3)4)17(21)14-6-5-7-15(18)16(14)19/h5-7,12-13H,8-11,19H2,1-4H3. The molecule has 118 valence electrons. The number of rotatable bonds is 7. The van der Waals surface area contributed by atoms with Gasteiger partial charge in [0, 0.05) is 13.1 Å². The zero-order valence-electron chi connectivity index (χ0n) is 13.5. The third-order valence-corrected chi connectivity index (χ3v) is 3.85. The smallest absolute Gasteiger partial charge is 0.255 e. The number of amides is 1. The molecule has 0 aliphatic heterocycles. The van der Waals surface area contributed by atoms with E-state index >= 15 is 0 Å². The van der Waals surface area contributed by atoms with E-state index in [0.29, 0.717) is 28.1 Å². The number of benzene rings is 1. The van der Waals surface area contributed by atoms with Crippen LogP contribution in [0.3, 0.4) is 0 Å². The second-order valence-electron chi connectivity index (χ2n) is 6.36. The minimum Gasteiger partial charge on any atom is -0.397 e. The van der Waals surface area contributed by atoms with Gasteiger partial charge in [0.05, 0.1) is 16.3 Å². The van der Waals surface area contributed by atoms with Gasteiger partial charge in [0.15, 0.2) is 0 Å². The molecule has 1 aromatic rings. The molecule has 0 saturated carbocycles. The van der Waals surface area contributed by atoms with Gasteiger partial charge < -0.3 is 10.6 Å². The zero-order valence-corrected chi connectivity index (χ0v) is 14.3. The highest BCUT2D eigenvalue weighted by Gasteiger charge is 2.19. The molecule has 0 aliphatic rings. The highest BCUT2D eigenvalue weighted by Crippen LogP contribution is 2.24. The van der Waals surface area contributed by atoms with Crippen molar-refractivity contribution < 1.29 is 4.79 Å². The summed E-state index contributed by atoms with van der Waals surface area (Å²) < 4.78 is 0. The lowest BCUT2D eigenvalue weighted by molar-refractivity contribution is 0.0742. The number of carbonyl (C=O) groups excluding carboxylic acids is 1. The van der Waals surface area contributed by atoms with Gasteiger partial charge in [-0.3, -0.25) is 4.79 Å². The molecule has 0 spiro atoms. The van der Waals surface area contributed by atoms with E-state index in [4.69, 9.17) is 17.3 Å². The van der Waals surface area contributed by atoms with E-state index in [1.807, 2.05) is 4.90 Å². The van der Waals surface area contributed by atoms with Crippen molar-refractivity contribution in [2.45, 2.75) is 40.5 Å². The van der Waals surface area contributed by atoms with Crippen LogP contribution in [0.1, 0.15) is 50.9 Å². The summed E-state index contributed by atoms with van der Waals surface area (Å²) in [7, 11) is 0. The van der Waals surface area contributed by atoms with E-state index in [-0.39, 0.29) is 5.91 Å². The summed E-state index contributed by atoms with van der Waals surface area (Å²) in [6.45, 7) is 10.2. The van der Waals surface area contributed by atoms with Crippen LogP contribution < -0.4 is 5.73 Å². The summed E-state index contributed by atoms with van der Waals surface area (Å²) in [5.41, 5.74) is 6.84. The number of nitrogens with two attached hydrogens (primary N) is 1. The molecule has 0 bridgehead atoms. The average Bonchev–Trinajstić information content (AvgIpc) is 2.40. The Balaban J connectivity index is 2.89. The van der Waals surface area contributed by atoms with Gasteiger partial charge in [-0.25, -0.2) is 0 Å². The van der Waals surface area contributed by atoms with Crippen LogP contribution in [0.15, 0.2) is 18.2 Å². The quantitative estimate of drug-likeness (QED) is 0.756. The van der Waals surface area contributed by atoms with E-state index in [0.717, 1.165) is 25.9 Å². The lowest BCUT2D eigenvalue weighted by Gasteiger charge is -2.25. The van der Waals surface area contributed by atoms with E-state index in [9.17, 15) is 4.79 Å². The maximum atomic E-state index is 12.7. The van der Waals surface area contributed by atoms with Crippen molar-refractivity contribution >= 4 is 23.2 Å². The molecular weight excluding hydrogens is 284 g/mol. The Morgan fingerprint density at radius 2 is 1.67 bits per heavy atom. The van der Waals surface area contributed by atoms with Crippen LogP contribution in [0.5, 0.6) is 0 Å². The molecule has 0 unspecified atom stereocenters. The molecule has 2 N–H and O–H groups in total. The van der Waals surface area contributed by atoms with Crippen molar-refractivity contribution in [1.29, 1.82) is 0 Å². The van der Waals surface area contributed by atoms with Gasteiger partial charge >= 0.3 is 0 Å². The van der Waals surface area contributed by atoms with Crippen molar-refractivity contribution in [3.63, 3.8) is 0 Å². The Hall–Kier alpha value is -1.22. The van der Waals surface area contributed by atoms with Gasteiger partial charge in [0.25, 0.3) is 5.91 Å². The van der Waals surface area contributed by atoms with Crippen LogP contribution in [0.4, 0.5) is 5.69 Å². The van der Waals surface area contributed by atoms with Crippen molar-refractivity contribution in [2.75, 3.05) is 18.8 Å². The van der Waals surface area contributed by atoms with Crippen LogP contribution >= 0.6 is 11.6 Å². The second kappa shape index (κ2) is 8.28. The van der Waals surface area contributed by atoms with Crippen molar-refractivity contribution in [3.8, 4) is 0 Å². The largest absolute Gasteiger partial charge is 0.397 e. The van der Waals surface area contributed by atoms with Gasteiger partial charge in [-0.05, 0) is 36.8 Å². The lowest BCUT2D eigenvalue weighted by Crippen LogP contribution is -2.34. The summed E-state index contributed by atoms with van der Waals surface area (Å²) in [5.74, 6) is 1.11. The highest BCUT2D eigenvalue weighted by atomic mass is 35.5. The summed E-state index contributed by atoms with van der Waals surface area (Å²) in [5, 5.41) is 0.438. The molecular formula is C17H27ClN2O. The Bertz CT molecular complexity index is 460. The molecule has 0 aromatic heterocycles. The molecule has 0 heterocycles. The minimum absolute atomic E-state index is 0.0173. The van der Waals surface area contributed by atoms with E-state index in [1.165, 1.54) is 0 Å². The maximum absolute atomic E-state index is 12.7. The predicted molar refractivity (Wildman–Crippen MR) is 90.7 cm³/mol. The Morgan fingerprint density at radius 1 is 1.14 bits per heavy atom. The topological polar surface area (TPSA) is 46.3 Å². The van der Waals surface area contributed by atoms with Crippen molar-refractivity contribution in [1.82, 2.24) is 4.90 Å².